The lowest BCUT2D eigenvalue weighted by molar-refractivity contribution is 0.398. The lowest BCUT2D eigenvalue weighted by Gasteiger charge is -2.07. The van der Waals surface area contributed by atoms with Crippen molar-refractivity contribution < 1.29 is 4.74 Å². The van der Waals surface area contributed by atoms with Crippen LogP contribution >= 0.6 is 15.9 Å². The van der Waals surface area contributed by atoms with Gasteiger partial charge in [0.2, 0.25) is 5.88 Å². The van der Waals surface area contributed by atoms with E-state index in [0.717, 1.165) is 15.8 Å². The molecule has 0 atom stereocenters. The smallest absolute Gasteiger partial charge is 0.213 e. The molecule has 1 N–H and O–H groups in total. The number of hydrogen-bond acceptors (Lipinski definition) is 4. The van der Waals surface area contributed by atoms with Gasteiger partial charge in [-0.3, -0.25) is 4.98 Å². The van der Waals surface area contributed by atoms with E-state index in [0.29, 0.717) is 5.88 Å². The molecule has 2 aromatic heterocycles. The fraction of sp³-hybridized carbons (Fsp3) is 0.0909. The molecule has 2 aromatic rings. The number of aromatic nitrogens is 2. The van der Waals surface area contributed by atoms with Gasteiger partial charge in [0.1, 0.15) is 0 Å². The minimum Gasteiger partial charge on any atom is -0.481 e. The molecule has 16 heavy (non-hydrogen) atoms. The van der Waals surface area contributed by atoms with Crippen LogP contribution in [0.1, 0.15) is 0 Å². The van der Waals surface area contributed by atoms with E-state index < -0.39 is 0 Å². The van der Waals surface area contributed by atoms with E-state index >= 15 is 0 Å². The topological polar surface area (TPSA) is 47.0 Å². The lowest BCUT2D eigenvalue weighted by atomic mass is 10.3. The van der Waals surface area contributed by atoms with Crippen LogP contribution in [0.15, 0.2) is 41.3 Å². The van der Waals surface area contributed by atoms with Gasteiger partial charge in [-0.1, -0.05) is 0 Å². The van der Waals surface area contributed by atoms with Crippen molar-refractivity contribution in [2.75, 3.05) is 12.4 Å². The second-order valence-electron chi connectivity index (χ2n) is 3.07. The molecule has 0 unspecified atom stereocenters. The summed E-state index contributed by atoms with van der Waals surface area (Å²) in [4.78, 5) is 8.10. The van der Waals surface area contributed by atoms with Gasteiger partial charge in [0.15, 0.2) is 0 Å². The fourth-order valence-corrected chi connectivity index (χ4v) is 1.56. The Morgan fingerprint density at radius 2 is 2.12 bits per heavy atom. The number of nitrogens with one attached hydrogen (secondary N) is 1. The van der Waals surface area contributed by atoms with Crippen LogP contribution in [0.5, 0.6) is 5.88 Å². The first-order valence-corrected chi connectivity index (χ1v) is 5.45. The van der Waals surface area contributed by atoms with Gasteiger partial charge in [-0.15, -0.1) is 0 Å². The first kappa shape index (κ1) is 10.9. The summed E-state index contributed by atoms with van der Waals surface area (Å²) in [6.07, 6.45) is 5.18. The van der Waals surface area contributed by atoms with Gasteiger partial charge in [-0.25, -0.2) is 4.98 Å². The number of pyridine rings is 2. The largest absolute Gasteiger partial charge is 0.481 e. The fourth-order valence-electron chi connectivity index (χ4n) is 1.21. The molecule has 5 heteroatoms. The molecule has 0 aliphatic heterocycles. The molecule has 0 aromatic carbocycles. The first-order valence-electron chi connectivity index (χ1n) is 4.66. The van der Waals surface area contributed by atoms with E-state index in [1.807, 2.05) is 12.1 Å². The van der Waals surface area contributed by atoms with Crippen molar-refractivity contribution >= 4 is 27.3 Å². The molecule has 82 valence electrons. The Bertz CT molecular complexity index is 473. The Labute approximate surface area is 102 Å². The molecule has 0 saturated heterocycles. The van der Waals surface area contributed by atoms with Gasteiger partial charge < -0.3 is 10.1 Å². The van der Waals surface area contributed by atoms with Gasteiger partial charge in [-0.2, -0.15) is 0 Å². The molecule has 0 aliphatic rings. The quantitative estimate of drug-likeness (QED) is 0.938. The van der Waals surface area contributed by atoms with E-state index in [-0.39, 0.29) is 0 Å². The minimum atomic E-state index is 0.597. The minimum absolute atomic E-state index is 0.597. The maximum absolute atomic E-state index is 4.98. The van der Waals surface area contributed by atoms with Gasteiger partial charge in [0.25, 0.3) is 0 Å². The summed E-state index contributed by atoms with van der Waals surface area (Å²) in [6, 6.07) is 5.59. The van der Waals surface area contributed by atoms with Crippen molar-refractivity contribution in [2.24, 2.45) is 0 Å². The SMILES string of the molecule is COc1ccc(Nc2ccncc2Br)cn1. The highest BCUT2D eigenvalue weighted by Crippen LogP contribution is 2.24. The highest BCUT2D eigenvalue weighted by atomic mass is 79.9. The number of ether oxygens (including phenoxy) is 1. The molecule has 4 nitrogen and oxygen atoms in total. The first-order chi connectivity index (χ1) is 7.79. The van der Waals surface area contributed by atoms with Crippen LogP contribution in [0, 0.1) is 0 Å². The average Bonchev–Trinajstić information content (AvgIpc) is 2.33. The second-order valence-corrected chi connectivity index (χ2v) is 3.92. The monoisotopic (exact) mass is 279 g/mol. The summed E-state index contributed by atoms with van der Waals surface area (Å²) in [6.45, 7) is 0. The van der Waals surface area contributed by atoms with Crippen molar-refractivity contribution in [3.63, 3.8) is 0 Å². The number of rotatable bonds is 3. The van der Waals surface area contributed by atoms with Gasteiger partial charge in [-0.05, 0) is 28.1 Å². The van der Waals surface area contributed by atoms with Gasteiger partial charge in [0.05, 0.1) is 29.2 Å². The summed E-state index contributed by atoms with van der Waals surface area (Å²) < 4.78 is 5.89. The zero-order chi connectivity index (χ0) is 11.4. The summed E-state index contributed by atoms with van der Waals surface area (Å²) in [5.41, 5.74) is 1.84. The number of nitrogens with zero attached hydrogens (tertiary/aromatic N) is 2. The molecule has 0 spiro atoms. The normalized spacial score (nSPS) is 9.88. The molecule has 2 heterocycles. The standard InChI is InChI=1S/C11H10BrN3O/c1-16-11-3-2-8(6-14-11)15-10-4-5-13-7-9(10)12/h2-7H,1H3,(H,13,15). The van der Waals surface area contributed by atoms with Crippen LogP contribution in [0.4, 0.5) is 11.4 Å². The maximum atomic E-state index is 4.98. The molecule has 0 bridgehead atoms. The molecule has 0 amide bonds. The van der Waals surface area contributed by atoms with E-state index in [1.165, 1.54) is 0 Å². The van der Waals surface area contributed by atoms with Crippen LogP contribution in [-0.2, 0) is 0 Å². The van der Waals surface area contributed by atoms with E-state index in [9.17, 15) is 0 Å². The molecule has 0 aliphatic carbocycles. The van der Waals surface area contributed by atoms with Crippen LogP contribution in [0.25, 0.3) is 0 Å². The number of methoxy groups -OCH3 is 1. The highest BCUT2D eigenvalue weighted by molar-refractivity contribution is 9.10. The third kappa shape index (κ3) is 2.49. The van der Waals surface area contributed by atoms with Crippen molar-refractivity contribution in [1.82, 2.24) is 9.97 Å². The Kier molecular flexibility index (Phi) is 3.36. The zero-order valence-corrected chi connectivity index (χ0v) is 10.2. The molecule has 0 fully saturated rings. The van der Waals surface area contributed by atoms with Crippen LogP contribution < -0.4 is 10.1 Å². The Balaban J connectivity index is 2.18. The predicted octanol–water partition coefficient (Wildman–Crippen LogP) is 2.99. The Hall–Kier alpha value is -1.62. The Morgan fingerprint density at radius 1 is 1.25 bits per heavy atom. The third-order valence-electron chi connectivity index (χ3n) is 2.00. The van der Waals surface area contributed by atoms with E-state index in [4.69, 9.17) is 4.74 Å². The molecule has 2 rings (SSSR count). The van der Waals surface area contributed by atoms with Crippen LogP contribution in [0.3, 0.4) is 0 Å². The maximum Gasteiger partial charge on any atom is 0.213 e. The van der Waals surface area contributed by atoms with Crippen molar-refractivity contribution in [2.45, 2.75) is 0 Å². The molecular weight excluding hydrogens is 270 g/mol. The molecule has 0 radical (unpaired) electrons. The third-order valence-corrected chi connectivity index (χ3v) is 2.63. The Morgan fingerprint density at radius 3 is 2.75 bits per heavy atom. The van der Waals surface area contributed by atoms with Crippen molar-refractivity contribution in [3.05, 3.63) is 41.3 Å². The zero-order valence-electron chi connectivity index (χ0n) is 8.64. The molecular formula is C11H10BrN3O. The lowest BCUT2D eigenvalue weighted by Crippen LogP contribution is -1.93. The van der Waals surface area contributed by atoms with Crippen LogP contribution in [-0.4, -0.2) is 17.1 Å². The molecule has 0 saturated carbocycles. The average molecular weight is 280 g/mol. The highest BCUT2D eigenvalue weighted by Gasteiger charge is 2.00. The number of halogens is 1. The van der Waals surface area contributed by atoms with Crippen molar-refractivity contribution in [1.29, 1.82) is 0 Å². The van der Waals surface area contributed by atoms with Gasteiger partial charge >= 0.3 is 0 Å². The number of anilines is 2. The second kappa shape index (κ2) is 4.94. The summed E-state index contributed by atoms with van der Waals surface area (Å²) in [5, 5.41) is 3.22. The summed E-state index contributed by atoms with van der Waals surface area (Å²) >= 11 is 3.41. The summed E-state index contributed by atoms with van der Waals surface area (Å²) in [7, 11) is 1.59. The van der Waals surface area contributed by atoms with Crippen molar-refractivity contribution in [3.8, 4) is 5.88 Å². The predicted molar refractivity (Wildman–Crippen MR) is 66.0 cm³/mol. The summed E-state index contributed by atoms with van der Waals surface area (Å²) in [5.74, 6) is 0.597. The van der Waals surface area contributed by atoms with E-state index in [1.54, 1.807) is 31.8 Å². The number of hydrogen-bond donors (Lipinski definition) is 1. The van der Waals surface area contributed by atoms with Crippen LogP contribution in [0.2, 0.25) is 0 Å². The van der Waals surface area contributed by atoms with E-state index in [2.05, 4.69) is 31.2 Å². The van der Waals surface area contributed by atoms with Gasteiger partial charge in [0, 0.05) is 18.5 Å².